The van der Waals surface area contributed by atoms with Crippen LogP contribution >= 0.6 is 11.3 Å². The van der Waals surface area contributed by atoms with Crippen molar-refractivity contribution in [3.05, 3.63) is 35.0 Å². The minimum atomic E-state index is -0.310. The fourth-order valence-corrected chi connectivity index (χ4v) is 2.45. The number of halogens is 1. The Hall–Kier alpha value is -1.46. The SMILES string of the molecule is CC(CO)NC(=O)c1cc2ccc(F)cc2s1. The van der Waals surface area contributed by atoms with E-state index in [1.54, 1.807) is 19.1 Å². The highest BCUT2D eigenvalue weighted by molar-refractivity contribution is 7.20. The summed E-state index contributed by atoms with van der Waals surface area (Å²) in [6, 6.07) is 5.86. The maximum atomic E-state index is 13.0. The second-order valence-electron chi connectivity index (χ2n) is 3.85. The monoisotopic (exact) mass is 253 g/mol. The van der Waals surface area contributed by atoms with Gasteiger partial charge in [0.25, 0.3) is 5.91 Å². The van der Waals surface area contributed by atoms with Crippen molar-refractivity contribution >= 4 is 27.3 Å². The summed E-state index contributed by atoms with van der Waals surface area (Å²) in [6.07, 6.45) is 0. The molecule has 0 saturated heterocycles. The molecule has 0 radical (unpaired) electrons. The first-order valence-electron chi connectivity index (χ1n) is 5.21. The van der Waals surface area contributed by atoms with Crippen LogP contribution in [0.15, 0.2) is 24.3 Å². The van der Waals surface area contributed by atoms with Crippen LogP contribution in [0.1, 0.15) is 16.6 Å². The number of rotatable bonds is 3. The van der Waals surface area contributed by atoms with E-state index >= 15 is 0 Å². The molecule has 0 aliphatic rings. The molecule has 5 heteroatoms. The van der Waals surface area contributed by atoms with Crippen LogP contribution in [0.3, 0.4) is 0 Å². The van der Waals surface area contributed by atoms with Crippen molar-refractivity contribution in [2.24, 2.45) is 0 Å². The summed E-state index contributed by atoms with van der Waals surface area (Å²) < 4.78 is 13.7. The molecule has 2 aromatic rings. The van der Waals surface area contributed by atoms with Gasteiger partial charge in [-0.1, -0.05) is 6.07 Å². The Morgan fingerprint density at radius 2 is 2.29 bits per heavy atom. The minimum absolute atomic E-state index is 0.106. The van der Waals surface area contributed by atoms with E-state index in [1.807, 2.05) is 0 Å². The quantitative estimate of drug-likeness (QED) is 0.880. The number of benzene rings is 1. The number of carbonyl (C=O) groups excluding carboxylic acids is 1. The van der Waals surface area contributed by atoms with Crippen LogP contribution in [-0.4, -0.2) is 23.7 Å². The topological polar surface area (TPSA) is 49.3 Å². The number of carbonyl (C=O) groups is 1. The molecule has 0 spiro atoms. The van der Waals surface area contributed by atoms with Gasteiger partial charge in [-0.25, -0.2) is 4.39 Å². The molecule has 1 heterocycles. The second-order valence-corrected chi connectivity index (χ2v) is 4.93. The van der Waals surface area contributed by atoms with Crippen LogP contribution < -0.4 is 5.32 Å². The van der Waals surface area contributed by atoms with Crippen LogP contribution in [0.4, 0.5) is 4.39 Å². The summed E-state index contributed by atoms with van der Waals surface area (Å²) in [6.45, 7) is 1.61. The molecule has 17 heavy (non-hydrogen) atoms. The van der Waals surface area contributed by atoms with Crippen molar-refractivity contribution in [3.63, 3.8) is 0 Å². The third-order valence-corrected chi connectivity index (χ3v) is 3.45. The largest absolute Gasteiger partial charge is 0.394 e. The van der Waals surface area contributed by atoms with Gasteiger partial charge in [-0.05, 0) is 30.5 Å². The molecule has 1 aromatic heterocycles. The molecule has 1 amide bonds. The molecule has 3 nitrogen and oxygen atoms in total. The van der Waals surface area contributed by atoms with E-state index in [9.17, 15) is 9.18 Å². The summed E-state index contributed by atoms with van der Waals surface area (Å²) in [7, 11) is 0. The van der Waals surface area contributed by atoms with Gasteiger partial charge in [0.05, 0.1) is 11.5 Å². The molecule has 0 fully saturated rings. The molecule has 90 valence electrons. The molecule has 2 N–H and O–H groups in total. The minimum Gasteiger partial charge on any atom is -0.394 e. The van der Waals surface area contributed by atoms with E-state index in [-0.39, 0.29) is 24.4 Å². The lowest BCUT2D eigenvalue weighted by atomic mass is 10.2. The highest BCUT2D eigenvalue weighted by atomic mass is 32.1. The van der Waals surface area contributed by atoms with Gasteiger partial charge in [0, 0.05) is 10.7 Å². The van der Waals surface area contributed by atoms with Crippen LogP contribution in [-0.2, 0) is 0 Å². The maximum Gasteiger partial charge on any atom is 0.261 e. The van der Waals surface area contributed by atoms with Crippen molar-refractivity contribution in [2.45, 2.75) is 13.0 Å². The molecule has 1 atom stereocenters. The fraction of sp³-hybridized carbons (Fsp3) is 0.250. The normalized spacial score (nSPS) is 12.6. The Morgan fingerprint density at radius 1 is 1.53 bits per heavy atom. The lowest BCUT2D eigenvalue weighted by Crippen LogP contribution is -2.34. The molecule has 1 aromatic carbocycles. The van der Waals surface area contributed by atoms with E-state index in [0.29, 0.717) is 4.88 Å². The summed E-state index contributed by atoms with van der Waals surface area (Å²) in [5.74, 6) is -0.553. The van der Waals surface area contributed by atoms with E-state index in [2.05, 4.69) is 5.32 Å². The van der Waals surface area contributed by atoms with Gasteiger partial charge >= 0.3 is 0 Å². The number of thiophene rings is 1. The van der Waals surface area contributed by atoms with Crippen molar-refractivity contribution in [3.8, 4) is 0 Å². The molecule has 0 aliphatic heterocycles. The second kappa shape index (κ2) is 4.81. The van der Waals surface area contributed by atoms with Crippen LogP contribution in [0.25, 0.3) is 10.1 Å². The first-order valence-corrected chi connectivity index (χ1v) is 6.02. The summed E-state index contributed by atoms with van der Waals surface area (Å²) in [4.78, 5) is 12.3. The van der Waals surface area contributed by atoms with E-state index in [0.717, 1.165) is 10.1 Å². The Morgan fingerprint density at radius 3 is 3.00 bits per heavy atom. The average Bonchev–Trinajstić information content (AvgIpc) is 2.71. The Labute approximate surface area is 102 Å². The number of hydrogen-bond donors (Lipinski definition) is 2. The van der Waals surface area contributed by atoms with E-state index in [4.69, 9.17) is 5.11 Å². The first-order chi connectivity index (χ1) is 8.10. The van der Waals surface area contributed by atoms with E-state index in [1.165, 1.54) is 23.5 Å². The molecule has 0 saturated carbocycles. The number of nitrogens with one attached hydrogen (secondary N) is 1. The smallest absolute Gasteiger partial charge is 0.261 e. The number of hydrogen-bond acceptors (Lipinski definition) is 3. The Bertz CT molecular complexity index is 552. The Kier molecular flexibility index (Phi) is 3.40. The van der Waals surface area contributed by atoms with Crippen molar-refractivity contribution < 1.29 is 14.3 Å². The number of aliphatic hydroxyl groups excluding tert-OH is 1. The van der Waals surface area contributed by atoms with Gasteiger partial charge in [0.2, 0.25) is 0 Å². The highest BCUT2D eigenvalue weighted by Gasteiger charge is 2.12. The molecular formula is C12H12FNO2S. The zero-order chi connectivity index (χ0) is 12.4. The number of aliphatic hydroxyl groups is 1. The van der Waals surface area contributed by atoms with Crippen molar-refractivity contribution in [1.29, 1.82) is 0 Å². The van der Waals surface area contributed by atoms with Gasteiger partial charge in [0.15, 0.2) is 0 Å². The predicted octanol–water partition coefficient (Wildman–Crippen LogP) is 2.15. The van der Waals surface area contributed by atoms with Crippen molar-refractivity contribution in [1.82, 2.24) is 5.32 Å². The average molecular weight is 253 g/mol. The van der Waals surface area contributed by atoms with Crippen LogP contribution in [0.5, 0.6) is 0 Å². The van der Waals surface area contributed by atoms with Crippen LogP contribution in [0.2, 0.25) is 0 Å². The van der Waals surface area contributed by atoms with Crippen molar-refractivity contribution in [2.75, 3.05) is 6.61 Å². The van der Waals surface area contributed by atoms with Gasteiger partial charge in [-0.15, -0.1) is 11.3 Å². The summed E-state index contributed by atoms with van der Waals surface area (Å²) >= 11 is 1.24. The van der Waals surface area contributed by atoms with E-state index < -0.39 is 0 Å². The van der Waals surface area contributed by atoms with Gasteiger partial charge in [-0.3, -0.25) is 4.79 Å². The predicted molar refractivity (Wildman–Crippen MR) is 65.8 cm³/mol. The lowest BCUT2D eigenvalue weighted by molar-refractivity contribution is 0.0926. The number of amides is 1. The molecule has 2 rings (SSSR count). The van der Waals surface area contributed by atoms with Crippen LogP contribution in [0, 0.1) is 5.82 Å². The number of fused-ring (bicyclic) bond motifs is 1. The van der Waals surface area contributed by atoms with Gasteiger partial charge < -0.3 is 10.4 Å². The lowest BCUT2D eigenvalue weighted by Gasteiger charge is -2.08. The zero-order valence-corrected chi connectivity index (χ0v) is 10.1. The molecule has 1 unspecified atom stereocenters. The van der Waals surface area contributed by atoms with Gasteiger partial charge in [0.1, 0.15) is 5.82 Å². The third kappa shape index (κ3) is 2.62. The fourth-order valence-electron chi connectivity index (χ4n) is 1.46. The third-order valence-electron chi connectivity index (χ3n) is 2.36. The highest BCUT2D eigenvalue weighted by Crippen LogP contribution is 2.26. The molecular weight excluding hydrogens is 241 g/mol. The summed E-state index contributed by atoms with van der Waals surface area (Å²) in [5, 5.41) is 12.3. The van der Waals surface area contributed by atoms with Gasteiger partial charge in [-0.2, -0.15) is 0 Å². The Balaban J connectivity index is 2.27. The molecule has 0 aliphatic carbocycles. The first kappa shape index (κ1) is 12.0. The maximum absolute atomic E-state index is 13.0. The zero-order valence-electron chi connectivity index (χ0n) is 9.24. The summed E-state index contributed by atoms with van der Waals surface area (Å²) in [5.41, 5.74) is 0. The standard InChI is InChI=1S/C12H12FNO2S/c1-7(6-15)14-12(16)11-4-8-2-3-9(13)5-10(8)17-11/h2-5,7,15H,6H2,1H3,(H,14,16). The molecule has 0 bridgehead atoms.